The maximum absolute atomic E-state index is 11.9. The van der Waals surface area contributed by atoms with Gasteiger partial charge in [0.05, 0.1) is 0 Å². The largest absolute Gasteiger partial charge is 0.396 e. The van der Waals surface area contributed by atoms with E-state index in [9.17, 15) is 4.79 Å². The maximum atomic E-state index is 11.9. The molecule has 0 fully saturated rings. The Kier molecular flexibility index (Phi) is 5.86. The number of carbonyl (C=O) groups excluding carboxylic acids is 1. The highest BCUT2D eigenvalue weighted by molar-refractivity contribution is 5.94. The molecule has 0 spiro atoms. The SMILES string of the molecule is CC(CCCO)NC(=O)c1ccc(C(C)C)cc1. The molecule has 2 N–H and O–H groups in total. The predicted octanol–water partition coefficient (Wildman–Crippen LogP) is 2.70. The Bertz CT molecular complexity index is 371. The number of benzene rings is 1. The van der Waals surface area contributed by atoms with Gasteiger partial charge in [-0.05, 0) is 43.4 Å². The minimum Gasteiger partial charge on any atom is -0.396 e. The summed E-state index contributed by atoms with van der Waals surface area (Å²) < 4.78 is 0. The standard InChI is InChI=1S/C15H23NO2/c1-11(2)13-6-8-14(9-7-13)15(18)16-12(3)5-4-10-17/h6-9,11-12,17H,4-5,10H2,1-3H3,(H,16,18). The van der Waals surface area contributed by atoms with Crippen LogP contribution in [0.15, 0.2) is 24.3 Å². The molecular weight excluding hydrogens is 226 g/mol. The van der Waals surface area contributed by atoms with Crippen LogP contribution in [0.2, 0.25) is 0 Å². The Morgan fingerprint density at radius 3 is 2.33 bits per heavy atom. The van der Waals surface area contributed by atoms with Gasteiger partial charge in [0.15, 0.2) is 0 Å². The lowest BCUT2D eigenvalue weighted by Gasteiger charge is -2.13. The molecule has 18 heavy (non-hydrogen) atoms. The zero-order valence-electron chi connectivity index (χ0n) is 11.4. The Balaban J connectivity index is 2.56. The third-order valence-corrected chi connectivity index (χ3v) is 3.01. The molecule has 0 saturated carbocycles. The summed E-state index contributed by atoms with van der Waals surface area (Å²) in [5.74, 6) is 0.432. The minimum absolute atomic E-state index is 0.0456. The number of hydrogen-bond donors (Lipinski definition) is 2. The number of hydrogen-bond acceptors (Lipinski definition) is 2. The second-order valence-corrected chi connectivity index (χ2v) is 5.02. The molecule has 0 aromatic heterocycles. The number of aliphatic hydroxyl groups is 1. The van der Waals surface area contributed by atoms with Crippen molar-refractivity contribution >= 4 is 5.91 Å². The third-order valence-electron chi connectivity index (χ3n) is 3.01. The first kappa shape index (κ1) is 14.7. The summed E-state index contributed by atoms with van der Waals surface area (Å²) in [5, 5.41) is 11.7. The molecule has 0 bridgehead atoms. The van der Waals surface area contributed by atoms with E-state index in [4.69, 9.17) is 5.11 Å². The molecule has 1 atom stereocenters. The molecule has 100 valence electrons. The van der Waals surface area contributed by atoms with Crippen LogP contribution in [0.1, 0.15) is 55.5 Å². The molecule has 0 aliphatic heterocycles. The van der Waals surface area contributed by atoms with Gasteiger partial charge in [-0.3, -0.25) is 4.79 Å². The lowest BCUT2D eigenvalue weighted by atomic mass is 10.0. The Hall–Kier alpha value is -1.35. The lowest BCUT2D eigenvalue weighted by molar-refractivity contribution is 0.0936. The summed E-state index contributed by atoms with van der Waals surface area (Å²) in [6.45, 7) is 6.39. The van der Waals surface area contributed by atoms with Gasteiger partial charge in [-0.2, -0.15) is 0 Å². The molecule has 1 amide bonds. The van der Waals surface area contributed by atoms with E-state index >= 15 is 0 Å². The highest BCUT2D eigenvalue weighted by Gasteiger charge is 2.09. The Labute approximate surface area is 109 Å². The van der Waals surface area contributed by atoms with Gasteiger partial charge in [-0.15, -0.1) is 0 Å². The van der Waals surface area contributed by atoms with Gasteiger partial charge < -0.3 is 10.4 Å². The minimum atomic E-state index is -0.0456. The molecule has 0 aliphatic rings. The van der Waals surface area contributed by atoms with Crippen molar-refractivity contribution in [3.8, 4) is 0 Å². The predicted molar refractivity (Wildman–Crippen MR) is 73.8 cm³/mol. The van der Waals surface area contributed by atoms with E-state index in [0.717, 1.165) is 6.42 Å². The monoisotopic (exact) mass is 249 g/mol. The Morgan fingerprint density at radius 2 is 1.83 bits per heavy atom. The van der Waals surface area contributed by atoms with Gasteiger partial charge in [0.1, 0.15) is 0 Å². The van der Waals surface area contributed by atoms with Gasteiger partial charge in [-0.25, -0.2) is 0 Å². The molecule has 0 heterocycles. The van der Waals surface area contributed by atoms with E-state index < -0.39 is 0 Å². The number of rotatable bonds is 6. The smallest absolute Gasteiger partial charge is 0.251 e. The Morgan fingerprint density at radius 1 is 1.22 bits per heavy atom. The van der Waals surface area contributed by atoms with E-state index in [2.05, 4.69) is 19.2 Å². The van der Waals surface area contributed by atoms with Crippen molar-refractivity contribution in [1.29, 1.82) is 0 Å². The zero-order chi connectivity index (χ0) is 13.5. The summed E-state index contributed by atoms with van der Waals surface area (Å²) in [6.07, 6.45) is 1.51. The second kappa shape index (κ2) is 7.17. The molecule has 3 nitrogen and oxygen atoms in total. The number of amides is 1. The zero-order valence-corrected chi connectivity index (χ0v) is 11.4. The van der Waals surface area contributed by atoms with Crippen LogP contribution in [-0.2, 0) is 0 Å². The van der Waals surface area contributed by atoms with Crippen molar-refractivity contribution in [2.45, 2.75) is 45.6 Å². The third kappa shape index (κ3) is 4.49. The first-order chi connectivity index (χ1) is 8.54. The normalized spacial score (nSPS) is 12.5. The second-order valence-electron chi connectivity index (χ2n) is 5.02. The van der Waals surface area contributed by atoms with E-state index in [0.29, 0.717) is 17.9 Å². The van der Waals surface area contributed by atoms with Gasteiger partial charge in [-0.1, -0.05) is 26.0 Å². The first-order valence-corrected chi connectivity index (χ1v) is 6.56. The molecule has 3 heteroatoms. The molecule has 1 unspecified atom stereocenters. The van der Waals surface area contributed by atoms with Crippen molar-refractivity contribution in [3.05, 3.63) is 35.4 Å². The van der Waals surface area contributed by atoms with Crippen LogP contribution < -0.4 is 5.32 Å². The van der Waals surface area contributed by atoms with Crippen LogP contribution in [0, 0.1) is 0 Å². The highest BCUT2D eigenvalue weighted by Crippen LogP contribution is 2.14. The van der Waals surface area contributed by atoms with Crippen molar-refractivity contribution < 1.29 is 9.90 Å². The van der Waals surface area contributed by atoms with Crippen LogP contribution >= 0.6 is 0 Å². The van der Waals surface area contributed by atoms with Crippen LogP contribution in [0.3, 0.4) is 0 Å². The molecular formula is C15H23NO2. The molecule has 0 radical (unpaired) electrons. The topological polar surface area (TPSA) is 49.3 Å². The molecule has 0 aliphatic carbocycles. The quantitative estimate of drug-likeness (QED) is 0.814. The summed E-state index contributed by atoms with van der Waals surface area (Å²) in [4.78, 5) is 11.9. The molecule has 1 aromatic carbocycles. The van der Waals surface area contributed by atoms with Crippen molar-refractivity contribution in [3.63, 3.8) is 0 Å². The van der Waals surface area contributed by atoms with Crippen molar-refractivity contribution in [2.75, 3.05) is 6.61 Å². The summed E-state index contributed by atoms with van der Waals surface area (Å²) in [6, 6.07) is 7.82. The lowest BCUT2D eigenvalue weighted by Crippen LogP contribution is -2.32. The van der Waals surface area contributed by atoms with Gasteiger partial charge in [0.25, 0.3) is 5.91 Å². The van der Waals surface area contributed by atoms with E-state index in [-0.39, 0.29) is 18.6 Å². The van der Waals surface area contributed by atoms with Crippen LogP contribution in [-0.4, -0.2) is 23.7 Å². The average molecular weight is 249 g/mol. The average Bonchev–Trinajstić information content (AvgIpc) is 2.36. The molecule has 0 saturated heterocycles. The van der Waals surface area contributed by atoms with Crippen molar-refractivity contribution in [2.24, 2.45) is 0 Å². The number of aliphatic hydroxyl groups excluding tert-OH is 1. The summed E-state index contributed by atoms with van der Waals surface area (Å²) in [5.41, 5.74) is 1.93. The number of carbonyl (C=O) groups is 1. The van der Waals surface area contributed by atoms with E-state index in [1.165, 1.54) is 5.56 Å². The summed E-state index contributed by atoms with van der Waals surface area (Å²) in [7, 11) is 0. The summed E-state index contributed by atoms with van der Waals surface area (Å²) >= 11 is 0. The fourth-order valence-corrected chi connectivity index (χ4v) is 1.80. The molecule has 1 rings (SSSR count). The highest BCUT2D eigenvalue weighted by atomic mass is 16.2. The van der Waals surface area contributed by atoms with Gasteiger partial charge in [0, 0.05) is 18.2 Å². The fourth-order valence-electron chi connectivity index (χ4n) is 1.80. The van der Waals surface area contributed by atoms with E-state index in [1.54, 1.807) is 0 Å². The first-order valence-electron chi connectivity index (χ1n) is 6.56. The maximum Gasteiger partial charge on any atom is 0.251 e. The van der Waals surface area contributed by atoms with Gasteiger partial charge >= 0.3 is 0 Å². The van der Waals surface area contributed by atoms with Crippen molar-refractivity contribution in [1.82, 2.24) is 5.32 Å². The van der Waals surface area contributed by atoms with Crippen LogP contribution in [0.4, 0.5) is 0 Å². The van der Waals surface area contributed by atoms with Crippen LogP contribution in [0.5, 0.6) is 0 Å². The van der Waals surface area contributed by atoms with Gasteiger partial charge in [0.2, 0.25) is 0 Å². The fraction of sp³-hybridized carbons (Fsp3) is 0.533. The van der Waals surface area contributed by atoms with E-state index in [1.807, 2.05) is 31.2 Å². The number of nitrogens with one attached hydrogen (secondary N) is 1. The van der Waals surface area contributed by atoms with Crippen LogP contribution in [0.25, 0.3) is 0 Å². The molecule has 1 aromatic rings.